The summed E-state index contributed by atoms with van der Waals surface area (Å²) in [6, 6.07) is 0. The van der Waals surface area contributed by atoms with Crippen LogP contribution in [0.15, 0.2) is 4.99 Å². The number of carbonyl (C=O) groups is 1. The van der Waals surface area contributed by atoms with E-state index in [9.17, 15) is 4.79 Å². The molecular weight excluding hydrogens is 395 g/mol. The summed E-state index contributed by atoms with van der Waals surface area (Å²) in [6.45, 7) is 14.8. The van der Waals surface area contributed by atoms with E-state index >= 15 is 0 Å². The summed E-state index contributed by atoms with van der Waals surface area (Å²) in [5.41, 5.74) is -0.454. The molecule has 0 radical (unpaired) electrons. The molecule has 7 heteroatoms. The van der Waals surface area contributed by atoms with Gasteiger partial charge in [-0.25, -0.2) is 4.79 Å². The van der Waals surface area contributed by atoms with Crippen LogP contribution in [0.4, 0.5) is 4.79 Å². The summed E-state index contributed by atoms with van der Waals surface area (Å²) < 4.78 is 5.16. The Labute approximate surface area is 152 Å². The minimum atomic E-state index is -0.454. The lowest BCUT2D eigenvalue weighted by atomic mass is 10.2. The first-order valence-corrected chi connectivity index (χ1v) is 7.73. The van der Waals surface area contributed by atoms with Gasteiger partial charge in [-0.1, -0.05) is 13.8 Å². The van der Waals surface area contributed by atoms with Gasteiger partial charge >= 0.3 is 6.09 Å². The number of halogens is 1. The van der Waals surface area contributed by atoms with Crippen LogP contribution in [-0.2, 0) is 4.74 Å². The van der Waals surface area contributed by atoms with Crippen LogP contribution in [-0.4, -0.2) is 43.8 Å². The molecule has 0 aromatic carbocycles. The van der Waals surface area contributed by atoms with Crippen molar-refractivity contribution in [3.63, 3.8) is 0 Å². The molecule has 0 aliphatic heterocycles. The lowest BCUT2D eigenvalue weighted by molar-refractivity contribution is 0.0527. The normalized spacial score (nSPS) is 11.7. The third-order valence-electron chi connectivity index (χ3n) is 2.27. The van der Waals surface area contributed by atoms with Gasteiger partial charge in [0.05, 0.1) is 0 Å². The fourth-order valence-corrected chi connectivity index (χ4v) is 1.42. The van der Waals surface area contributed by atoms with E-state index in [1.54, 1.807) is 0 Å². The molecule has 0 saturated carbocycles. The number of aliphatic imine (C=N–C) groups is 1. The van der Waals surface area contributed by atoms with Gasteiger partial charge in [0.1, 0.15) is 5.60 Å². The highest BCUT2D eigenvalue weighted by atomic mass is 127. The van der Waals surface area contributed by atoms with E-state index in [2.05, 4.69) is 34.8 Å². The predicted octanol–water partition coefficient (Wildman–Crippen LogP) is 2.73. The van der Waals surface area contributed by atoms with Gasteiger partial charge in [-0.2, -0.15) is 0 Å². The molecule has 0 atom stereocenters. The number of hydrogen-bond donors (Lipinski definition) is 3. The van der Waals surface area contributed by atoms with Crippen molar-refractivity contribution in [2.75, 3.05) is 26.2 Å². The van der Waals surface area contributed by atoms with E-state index in [0.717, 1.165) is 32.0 Å². The van der Waals surface area contributed by atoms with Crippen LogP contribution in [0.25, 0.3) is 0 Å². The van der Waals surface area contributed by atoms with Gasteiger partial charge in [0, 0.05) is 26.2 Å². The van der Waals surface area contributed by atoms with E-state index in [1.165, 1.54) is 0 Å². The molecule has 132 valence electrons. The van der Waals surface area contributed by atoms with Crippen molar-refractivity contribution in [2.24, 2.45) is 10.9 Å². The van der Waals surface area contributed by atoms with Crippen molar-refractivity contribution < 1.29 is 9.53 Å². The van der Waals surface area contributed by atoms with Crippen molar-refractivity contribution in [1.29, 1.82) is 0 Å². The first-order valence-electron chi connectivity index (χ1n) is 7.73. The average molecular weight is 428 g/mol. The number of amides is 1. The fourth-order valence-electron chi connectivity index (χ4n) is 1.42. The van der Waals surface area contributed by atoms with Crippen LogP contribution >= 0.6 is 24.0 Å². The Balaban J connectivity index is 0. The first kappa shape index (κ1) is 23.5. The average Bonchev–Trinajstić information content (AvgIpc) is 2.33. The Morgan fingerprint density at radius 3 is 2.23 bits per heavy atom. The van der Waals surface area contributed by atoms with Gasteiger partial charge in [-0.15, -0.1) is 24.0 Å². The summed E-state index contributed by atoms with van der Waals surface area (Å²) in [5, 5.41) is 9.17. The number of carbonyl (C=O) groups excluding carboxylic acids is 1. The van der Waals surface area contributed by atoms with Crippen LogP contribution in [0.5, 0.6) is 0 Å². The molecule has 0 rings (SSSR count). The summed E-state index contributed by atoms with van der Waals surface area (Å²) in [4.78, 5) is 15.9. The quantitative estimate of drug-likeness (QED) is 0.252. The first-order chi connectivity index (χ1) is 9.74. The maximum absolute atomic E-state index is 11.4. The van der Waals surface area contributed by atoms with E-state index in [1.807, 2.05) is 27.7 Å². The van der Waals surface area contributed by atoms with Crippen molar-refractivity contribution in [3.8, 4) is 0 Å². The Kier molecular flexibility index (Phi) is 13.7. The van der Waals surface area contributed by atoms with E-state index in [4.69, 9.17) is 4.74 Å². The van der Waals surface area contributed by atoms with Crippen molar-refractivity contribution in [3.05, 3.63) is 0 Å². The molecule has 0 unspecified atom stereocenters. The standard InChI is InChI=1S/C15H32N4O2.HI/c1-7-16-13(19-11-12(2)3)17-9-8-10-18-14(20)21-15(4,5)6;/h12H,7-11H2,1-6H3,(H,18,20)(H2,16,17,19);1H. The number of nitrogens with zero attached hydrogens (tertiary/aromatic N) is 1. The van der Waals surface area contributed by atoms with E-state index in [-0.39, 0.29) is 30.1 Å². The molecule has 1 amide bonds. The SMILES string of the molecule is CCNC(=NCC(C)C)NCCCNC(=O)OC(C)(C)C.I. The highest BCUT2D eigenvalue weighted by molar-refractivity contribution is 14.0. The van der Waals surface area contributed by atoms with Crippen molar-refractivity contribution in [1.82, 2.24) is 16.0 Å². The topological polar surface area (TPSA) is 74.8 Å². The van der Waals surface area contributed by atoms with Crippen LogP contribution in [0.3, 0.4) is 0 Å². The minimum absolute atomic E-state index is 0. The maximum atomic E-state index is 11.4. The molecule has 6 nitrogen and oxygen atoms in total. The summed E-state index contributed by atoms with van der Waals surface area (Å²) in [6.07, 6.45) is 0.439. The Morgan fingerprint density at radius 2 is 1.73 bits per heavy atom. The van der Waals surface area contributed by atoms with Gasteiger partial charge in [0.2, 0.25) is 0 Å². The zero-order valence-electron chi connectivity index (χ0n) is 14.8. The Hall–Kier alpha value is -0.730. The van der Waals surface area contributed by atoms with Crippen LogP contribution in [0.1, 0.15) is 48.0 Å². The zero-order chi connectivity index (χ0) is 16.3. The molecule has 22 heavy (non-hydrogen) atoms. The molecule has 0 aliphatic rings. The third kappa shape index (κ3) is 15.7. The second-order valence-electron chi connectivity index (χ2n) is 6.32. The van der Waals surface area contributed by atoms with Crippen LogP contribution in [0, 0.1) is 5.92 Å². The van der Waals surface area contributed by atoms with Crippen LogP contribution in [0.2, 0.25) is 0 Å². The number of guanidine groups is 1. The van der Waals surface area contributed by atoms with Crippen LogP contribution < -0.4 is 16.0 Å². The summed E-state index contributed by atoms with van der Waals surface area (Å²) in [7, 11) is 0. The third-order valence-corrected chi connectivity index (χ3v) is 2.27. The molecule has 0 aliphatic carbocycles. The molecule has 3 N–H and O–H groups in total. The number of nitrogens with one attached hydrogen (secondary N) is 3. The monoisotopic (exact) mass is 428 g/mol. The largest absolute Gasteiger partial charge is 0.444 e. The highest BCUT2D eigenvalue weighted by Gasteiger charge is 2.15. The van der Waals surface area contributed by atoms with E-state index < -0.39 is 5.60 Å². The highest BCUT2D eigenvalue weighted by Crippen LogP contribution is 2.06. The van der Waals surface area contributed by atoms with Gasteiger partial charge in [0.25, 0.3) is 0 Å². The molecule has 0 aromatic rings. The molecule has 0 saturated heterocycles. The lowest BCUT2D eigenvalue weighted by Crippen LogP contribution is -2.39. The van der Waals surface area contributed by atoms with Gasteiger partial charge < -0.3 is 20.7 Å². The number of hydrogen-bond acceptors (Lipinski definition) is 3. The second kappa shape index (κ2) is 12.8. The smallest absolute Gasteiger partial charge is 0.407 e. The molecule has 0 heterocycles. The van der Waals surface area contributed by atoms with E-state index in [0.29, 0.717) is 12.5 Å². The Morgan fingerprint density at radius 1 is 1.14 bits per heavy atom. The molecule has 0 bridgehead atoms. The summed E-state index contributed by atoms with van der Waals surface area (Å²) in [5.74, 6) is 1.36. The summed E-state index contributed by atoms with van der Waals surface area (Å²) >= 11 is 0. The number of alkyl carbamates (subject to hydrolysis) is 1. The predicted molar refractivity (Wildman–Crippen MR) is 103 cm³/mol. The molecule has 0 spiro atoms. The van der Waals surface area contributed by atoms with Crippen molar-refractivity contribution in [2.45, 2.75) is 53.6 Å². The minimum Gasteiger partial charge on any atom is -0.444 e. The molecular formula is C15H33IN4O2. The second-order valence-corrected chi connectivity index (χ2v) is 6.32. The zero-order valence-corrected chi connectivity index (χ0v) is 17.1. The lowest BCUT2D eigenvalue weighted by Gasteiger charge is -2.19. The fraction of sp³-hybridized carbons (Fsp3) is 0.867. The number of ether oxygens (including phenoxy) is 1. The van der Waals surface area contributed by atoms with Gasteiger partial charge in [-0.3, -0.25) is 4.99 Å². The van der Waals surface area contributed by atoms with Crippen molar-refractivity contribution >= 4 is 36.0 Å². The molecule has 0 fully saturated rings. The molecule has 0 aromatic heterocycles. The van der Waals surface area contributed by atoms with Gasteiger partial charge in [-0.05, 0) is 40.0 Å². The number of rotatable bonds is 7. The Bertz CT molecular complexity index is 328. The maximum Gasteiger partial charge on any atom is 0.407 e. The van der Waals surface area contributed by atoms with Gasteiger partial charge in [0.15, 0.2) is 5.96 Å².